The minimum Gasteiger partial charge on any atom is -0.489 e. The molecule has 0 aliphatic rings. The summed E-state index contributed by atoms with van der Waals surface area (Å²) in [5.74, 6) is -0.302. The molecule has 0 aliphatic heterocycles. The number of allylic oxidation sites excluding steroid dienone is 2. The van der Waals surface area contributed by atoms with Gasteiger partial charge in [0.25, 0.3) is 0 Å². The van der Waals surface area contributed by atoms with E-state index in [1.807, 2.05) is 49.4 Å². The van der Waals surface area contributed by atoms with Crippen molar-refractivity contribution in [3.8, 4) is 11.1 Å². The SMILES string of the molecule is C/C=C\C(OCc1cc(-c2cccc(CN)c2)c2occc2c1)=C(/C)CC(=O)O. The van der Waals surface area contributed by atoms with Gasteiger partial charge in [0.1, 0.15) is 17.9 Å². The molecule has 3 rings (SSSR count). The molecule has 0 radical (unpaired) electrons. The first-order valence-electron chi connectivity index (χ1n) is 9.48. The fraction of sp³-hybridized carbons (Fsp3) is 0.208. The molecule has 0 saturated heterocycles. The van der Waals surface area contributed by atoms with Crippen molar-refractivity contribution in [3.63, 3.8) is 0 Å². The lowest BCUT2D eigenvalue weighted by molar-refractivity contribution is -0.136. The van der Waals surface area contributed by atoms with Crippen LogP contribution in [0.3, 0.4) is 0 Å². The molecule has 0 fully saturated rings. The van der Waals surface area contributed by atoms with E-state index >= 15 is 0 Å². The lowest BCUT2D eigenvalue weighted by atomic mass is 9.99. The van der Waals surface area contributed by atoms with E-state index in [0.717, 1.165) is 33.2 Å². The minimum atomic E-state index is -0.880. The van der Waals surface area contributed by atoms with Crippen molar-refractivity contribution in [2.75, 3.05) is 0 Å². The first-order valence-corrected chi connectivity index (χ1v) is 9.48. The third kappa shape index (κ3) is 4.95. The predicted molar refractivity (Wildman–Crippen MR) is 114 cm³/mol. The number of rotatable bonds is 8. The smallest absolute Gasteiger partial charge is 0.307 e. The molecule has 5 nitrogen and oxygen atoms in total. The predicted octanol–water partition coefficient (Wildman–Crippen LogP) is 5.40. The molecular formula is C24H25NO4. The first-order chi connectivity index (χ1) is 14.0. The Morgan fingerprint density at radius 2 is 2.03 bits per heavy atom. The largest absolute Gasteiger partial charge is 0.489 e. The van der Waals surface area contributed by atoms with Gasteiger partial charge in [0.2, 0.25) is 0 Å². The first kappa shape index (κ1) is 20.4. The highest BCUT2D eigenvalue weighted by molar-refractivity contribution is 5.93. The van der Waals surface area contributed by atoms with Crippen molar-refractivity contribution in [1.29, 1.82) is 0 Å². The quantitative estimate of drug-likeness (QED) is 0.397. The Morgan fingerprint density at radius 1 is 1.21 bits per heavy atom. The van der Waals surface area contributed by atoms with E-state index in [2.05, 4.69) is 6.07 Å². The summed E-state index contributed by atoms with van der Waals surface area (Å²) >= 11 is 0. The topological polar surface area (TPSA) is 85.7 Å². The highest BCUT2D eigenvalue weighted by atomic mass is 16.5. The molecule has 0 spiro atoms. The van der Waals surface area contributed by atoms with E-state index in [-0.39, 0.29) is 6.42 Å². The minimum absolute atomic E-state index is 0.0580. The van der Waals surface area contributed by atoms with Crippen LogP contribution < -0.4 is 5.73 Å². The number of furan rings is 1. The third-order valence-corrected chi connectivity index (χ3v) is 4.63. The summed E-state index contributed by atoms with van der Waals surface area (Å²) in [6, 6.07) is 14.1. The maximum Gasteiger partial charge on any atom is 0.307 e. The summed E-state index contributed by atoms with van der Waals surface area (Å²) in [6.07, 6.45) is 5.25. The van der Waals surface area contributed by atoms with Gasteiger partial charge in [-0.1, -0.05) is 24.3 Å². The van der Waals surface area contributed by atoms with Crippen molar-refractivity contribution in [3.05, 3.63) is 83.3 Å². The Morgan fingerprint density at radius 3 is 2.76 bits per heavy atom. The molecule has 2 aromatic carbocycles. The zero-order chi connectivity index (χ0) is 20.8. The lowest BCUT2D eigenvalue weighted by Gasteiger charge is -2.12. The van der Waals surface area contributed by atoms with Crippen LogP contribution in [0.5, 0.6) is 0 Å². The van der Waals surface area contributed by atoms with E-state index in [0.29, 0.717) is 24.5 Å². The summed E-state index contributed by atoms with van der Waals surface area (Å²) in [5, 5.41) is 10.0. The molecule has 3 aromatic rings. The normalized spacial score (nSPS) is 12.4. The van der Waals surface area contributed by atoms with Gasteiger partial charge in [0.05, 0.1) is 12.7 Å². The number of carboxylic acids is 1. The van der Waals surface area contributed by atoms with Gasteiger partial charge in [0, 0.05) is 17.5 Å². The van der Waals surface area contributed by atoms with E-state index in [1.54, 1.807) is 19.3 Å². The number of aliphatic carboxylic acids is 1. The van der Waals surface area contributed by atoms with Gasteiger partial charge in [0.15, 0.2) is 0 Å². The molecule has 0 atom stereocenters. The summed E-state index contributed by atoms with van der Waals surface area (Å²) in [7, 11) is 0. The summed E-state index contributed by atoms with van der Waals surface area (Å²) in [6.45, 7) is 4.43. The maximum absolute atomic E-state index is 11.0. The Hall–Kier alpha value is -3.31. The number of hydrogen-bond acceptors (Lipinski definition) is 4. The zero-order valence-corrected chi connectivity index (χ0v) is 16.6. The van der Waals surface area contributed by atoms with Crippen LogP contribution in [0.4, 0.5) is 0 Å². The molecule has 0 saturated carbocycles. The molecule has 150 valence electrons. The van der Waals surface area contributed by atoms with Gasteiger partial charge in [-0.3, -0.25) is 4.79 Å². The van der Waals surface area contributed by atoms with Crippen LogP contribution in [0.15, 0.2) is 76.6 Å². The second-order valence-electron chi connectivity index (χ2n) is 6.89. The Bertz CT molecular complexity index is 1080. The van der Waals surface area contributed by atoms with Gasteiger partial charge < -0.3 is 20.0 Å². The third-order valence-electron chi connectivity index (χ3n) is 4.63. The van der Waals surface area contributed by atoms with Crippen molar-refractivity contribution in [1.82, 2.24) is 0 Å². The van der Waals surface area contributed by atoms with Crippen molar-refractivity contribution < 1.29 is 19.1 Å². The molecule has 1 heterocycles. The van der Waals surface area contributed by atoms with E-state index < -0.39 is 5.97 Å². The Kier molecular flexibility index (Phi) is 6.52. The van der Waals surface area contributed by atoms with E-state index in [4.69, 9.17) is 20.0 Å². The van der Waals surface area contributed by atoms with Crippen molar-refractivity contribution in [2.24, 2.45) is 5.73 Å². The van der Waals surface area contributed by atoms with Crippen LogP contribution in [0, 0.1) is 0 Å². The highest BCUT2D eigenvalue weighted by Gasteiger charge is 2.12. The fourth-order valence-corrected chi connectivity index (χ4v) is 3.25. The summed E-state index contributed by atoms with van der Waals surface area (Å²) in [4.78, 5) is 11.0. The van der Waals surface area contributed by atoms with Crippen LogP contribution >= 0.6 is 0 Å². The van der Waals surface area contributed by atoms with Gasteiger partial charge in [-0.15, -0.1) is 0 Å². The number of carbonyl (C=O) groups is 1. The zero-order valence-electron chi connectivity index (χ0n) is 16.6. The molecular weight excluding hydrogens is 366 g/mol. The Balaban J connectivity index is 1.95. The van der Waals surface area contributed by atoms with Gasteiger partial charge in [-0.2, -0.15) is 0 Å². The number of nitrogens with two attached hydrogens (primary N) is 1. The standard InChI is InChI=1S/C24H25NO4/c1-3-5-22(16(2)10-23(26)27)29-15-18-12-20-8-9-28-24(20)21(13-18)19-7-4-6-17(11-19)14-25/h3-9,11-13H,10,14-15,25H2,1-2H3,(H,26,27)/b5-3-,22-16-. The van der Waals surface area contributed by atoms with Crippen LogP contribution in [0.2, 0.25) is 0 Å². The average Bonchev–Trinajstić information content (AvgIpc) is 3.18. The fourth-order valence-electron chi connectivity index (χ4n) is 3.25. The monoisotopic (exact) mass is 391 g/mol. The van der Waals surface area contributed by atoms with Crippen molar-refractivity contribution in [2.45, 2.75) is 33.4 Å². The van der Waals surface area contributed by atoms with Crippen molar-refractivity contribution >= 4 is 16.9 Å². The van der Waals surface area contributed by atoms with Crippen LogP contribution in [-0.4, -0.2) is 11.1 Å². The van der Waals surface area contributed by atoms with Crippen LogP contribution in [0.1, 0.15) is 31.4 Å². The Labute approximate surface area is 170 Å². The molecule has 1 aromatic heterocycles. The molecule has 5 heteroatoms. The second kappa shape index (κ2) is 9.26. The number of hydrogen-bond donors (Lipinski definition) is 2. The van der Waals surface area contributed by atoms with Crippen LogP contribution in [-0.2, 0) is 22.7 Å². The summed E-state index contributed by atoms with van der Waals surface area (Å²) in [5.41, 5.74) is 11.3. The van der Waals surface area contributed by atoms with Crippen LogP contribution in [0.25, 0.3) is 22.1 Å². The number of carboxylic acid groups (broad SMARTS) is 1. The molecule has 3 N–H and O–H groups in total. The van der Waals surface area contributed by atoms with E-state index in [1.165, 1.54) is 0 Å². The highest BCUT2D eigenvalue weighted by Crippen LogP contribution is 2.32. The second-order valence-corrected chi connectivity index (χ2v) is 6.89. The van der Waals surface area contributed by atoms with Gasteiger partial charge >= 0.3 is 5.97 Å². The number of benzene rings is 2. The lowest BCUT2D eigenvalue weighted by Crippen LogP contribution is -2.01. The number of ether oxygens (including phenoxy) is 1. The maximum atomic E-state index is 11.0. The van der Waals surface area contributed by atoms with Gasteiger partial charge in [-0.05, 0) is 66.5 Å². The molecule has 0 amide bonds. The average molecular weight is 391 g/mol. The molecule has 29 heavy (non-hydrogen) atoms. The van der Waals surface area contributed by atoms with Gasteiger partial charge in [-0.25, -0.2) is 0 Å². The molecule has 0 bridgehead atoms. The molecule has 0 unspecified atom stereocenters. The molecule has 0 aliphatic carbocycles. The van der Waals surface area contributed by atoms with E-state index in [9.17, 15) is 4.79 Å². The number of fused-ring (bicyclic) bond motifs is 1. The summed E-state index contributed by atoms with van der Waals surface area (Å²) < 4.78 is 11.7.